The summed E-state index contributed by atoms with van der Waals surface area (Å²) in [6, 6.07) is 7.63. The van der Waals surface area contributed by atoms with Gasteiger partial charge in [0.15, 0.2) is 0 Å². The van der Waals surface area contributed by atoms with Crippen LogP contribution >= 0.6 is 0 Å². The van der Waals surface area contributed by atoms with Gasteiger partial charge >= 0.3 is 6.03 Å². The van der Waals surface area contributed by atoms with E-state index in [2.05, 4.69) is 5.32 Å². The van der Waals surface area contributed by atoms with E-state index in [1.807, 2.05) is 45.0 Å². The van der Waals surface area contributed by atoms with Crippen molar-refractivity contribution in [1.29, 1.82) is 0 Å². The SMILES string of the molecule is CC(C)OCCOCc1cccc(NC(=O)N2CCO[C@@H](C)C2)c1. The Bertz CT molecular complexity index is 521. The van der Waals surface area contributed by atoms with E-state index in [4.69, 9.17) is 14.2 Å². The molecule has 1 atom stereocenters. The van der Waals surface area contributed by atoms with Crippen LogP contribution in [0.4, 0.5) is 10.5 Å². The first-order valence-electron chi connectivity index (χ1n) is 8.50. The Morgan fingerprint density at radius 2 is 2.25 bits per heavy atom. The lowest BCUT2D eigenvalue weighted by Crippen LogP contribution is -2.46. The molecule has 24 heavy (non-hydrogen) atoms. The highest BCUT2D eigenvalue weighted by Crippen LogP contribution is 2.14. The topological polar surface area (TPSA) is 60.0 Å². The van der Waals surface area contributed by atoms with Crippen molar-refractivity contribution in [3.05, 3.63) is 29.8 Å². The highest BCUT2D eigenvalue weighted by molar-refractivity contribution is 5.89. The molecule has 6 heteroatoms. The average Bonchev–Trinajstić information content (AvgIpc) is 2.54. The van der Waals surface area contributed by atoms with Gasteiger partial charge in [0.05, 0.1) is 38.6 Å². The molecule has 1 heterocycles. The number of anilines is 1. The lowest BCUT2D eigenvalue weighted by molar-refractivity contribution is -0.00138. The van der Waals surface area contributed by atoms with E-state index < -0.39 is 0 Å². The van der Waals surface area contributed by atoms with Gasteiger partial charge < -0.3 is 24.4 Å². The molecule has 0 radical (unpaired) electrons. The Morgan fingerprint density at radius 1 is 1.42 bits per heavy atom. The van der Waals surface area contributed by atoms with Gasteiger partial charge in [0.2, 0.25) is 0 Å². The summed E-state index contributed by atoms with van der Waals surface area (Å²) in [5.41, 5.74) is 1.80. The van der Waals surface area contributed by atoms with Crippen LogP contribution in [0.15, 0.2) is 24.3 Å². The summed E-state index contributed by atoms with van der Waals surface area (Å²) in [7, 11) is 0. The van der Waals surface area contributed by atoms with Gasteiger partial charge in [0, 0.05) is 18.8 Å². The predicted octanol–water partition coefficient (Wildman–Crippen LogP) is 2.88. The number of carbonyl (C=O) groups is 1. The minimum atomic E-state index is -0.0893. The number of ether oxygens (including phenoxy) is 3. The van der Waals surface area contributed by atoms with Crippen LogP contribution in [-0.2, 0) is 20.8 Å². The molecule has 1 aromatic rings. The molecule has 1 N–H and O–H groups in total. The van der Waals surface area contributed by atoms with E-state index in [0.29, 0.717) is 39.5 Å². The number of benzene rings is 1. The zero-order chi connectivity index (χ0) is 17.4. The Hall–Kier alpha value is -1.63. The zero-order valence-corrected chi connectivity index (χ0v) is 14.8. The fraction of sp³-hybridized carbons (Fsp3) is 0.611. The minimum absolute atomic E-state index is 0.0808. The predicted molar refractivity (Wildman–Crippen MR) is 93.2 cm³/mol. The van der Waals surface area contributed by atoms with Crippen LogP contribution in [0.5, 0.6) is 0 Å². The van der Waals surface area contributed by atoms with Gasteiger partial charge in [-0.2, -0.15) is 0 Å². The van der Waals surface area contributed by atoms with Gasteiger partial charge in [-0.25, -0.2) is 4.79 Å². The highest BCUT2D eigenvalue weighted by atomic mass is 16.5. The lowest BCUT2D eigenvalue weighted by Gasteiger charge is -2.31. The van der Waals surface area contributed by atoms with Gasteiger partial charge in [0.25, 0.3) is 0 Å². The van der Waals surface area contributed by atoms with Crippen molar-refractivity contribution in [3.8, 4) is 0 Å². The van der Waals surface area contributed by atoms with E-state index in [1.165, 1.54) is 0 Å². The summed E-state index contributed by atoms with van der Waals surface area (Å²) in [5, 5.41) is 2.94. The van der Waals surface area contributed by atoms with Crippen LogP contribution in [-0.4, -0.2) is 56.0 Å². The van der Waals surface area contributed by atoms with Gasteiger partial charge in [-0.15, -0.1) is 0 Å². The standard InChI is InChI=1S/C18H28N2O4/c1-14(2)23-10-9-22-13-16-5-4-6-17(11-16)19-18(21)20-7-8-24-15(3)12-20/h4-6,11,14-15H,7-10,12-13H2,1-3H3,(H,19,21)/t15-/m0/s1. The van der Waals surface area contributed by atoms with Gasteiger partial charge in [-0.3, -0.25) is 0 Å². The maximum atomic E-state index is 12.3. The number of carbonyl (C=O) groups excluding carboxylic acids is 1. The third-order valence-corrected chi connectivity index (χ3v) is 3.65. The van der Waals surface area contributed by atoms with Gasteiger partial charge in [-0.05, 0) is 38.5 Å². The number of morpholine rings is 1. The third-order valence-electron chi connectivity index (χ3n) is 3.65. The van der Waals surface area contributed by atoms with Crippen molar-refractivity contribution >= 4 is 11.7 Å². The first-order chi connectivity index (χ1) is 11.5. The van der Waals surface area contributed by atoms with Crippen molar-refractivity contribution in [1.82, 2.24) is 4.90 Å². The number of hydrogen-bond acceptors (Lipinski definition) is 4. The molecule has 0 saturated carbocycles. The summed E-state index contributed by atoms with van der Waals surface area (Å²) < 4.78 is 16.5. The number of urea groups is 1. The molecular weight excluding hydrogens is 308 g/mol. The fourth-order valence-electron chi connectivity index (χ4n) is 2.48. The monoisotopic (exact) mass is 336 g/mol. The van der Waals surface area contributed by atoms with Gasteiger partial charge in [0.1, 0.15) is 0 Å². The largest absolute Gasteiger partial charge is 0.376 e. The van der Waals surface area contributed by atoms with E-state index in [9.17, 15) is 4.79 Å². The Kier molecular flexibility index (Phi) is 7.49. The van der Waals surface area contributed by atoms with Crippen molar-refractivity contribution in [2.75, 3.05) is 38.2 Å². The Labute approximate surface area is 144 Å². The molecule has 2 amide bonds. The molecule has 0 unspecified atom stereocenters. The van der Waals surface area contributed by atoms with E-state index in [1.54, 1.807) is 4.90 Å². The Morgan fingerprint density at radius 3 is 3.00 bits per heavy atom. The van der Waals surface area contributed by atoms with Crippen molar-refractivity contribution in [3.63, 3.8) is 0 Å². The highest BCUT2D eigenvalue weighted by Gasteiger charge is 2.21. The van der Waals surface area contributed by atoms with Crippen molar-refractivity contribution in [2.24, 2.45) is 0 Å². The molecule has 1 aliphatic rings. The molecule has 134 valence electrons. The molecule has 0 aliphatic carbocycles. The summed E-state index contributed by atoms with van der Waals surface area (Å²) >= 11 is 0. The van der Waals surface area contributed by atoms with Crippen LogP contribution in [0.25, 0.3) is 0 Å². The third kappa shape index (κ3) is 6.47. The normalized spacial score (nSPS) is 18.0. The van der Waals surface area contributed by atoms with E-state index in [-0.39, 0.29) is 18.2 Å². The summed E-state index contributed by atoms with van der Waals surface area (Å²) in [6.07, 6.45) is 0.298. The van der Waals surface area contributed by atoms with Crippen LogP contribution < -0.4 is 5.32 Å². The number of rotatable bonds is 7. The quantitative estimate of drug-likeness (QED) is 0.778. The average molecular weight is 336 g/mol. The first-order valence-corrected chi connectivity index (χ1v) is 8.50. The number of amides is 2. The van der Waals surface area contributed by atoms with Crippen molar-refractivity contribution < 1.29 is 19.0 Å². The first kappa shape index (κ1) is 18.7. The number of hydrogen-bond donors (Lipinski definition) is 1. The second kappa shape index (κ2) is 9.61. The lowest BCUT2D eigenvalue weighted by atomic mass is 10.2. The molecule has 2 rings (SSSR count). The summed E-state index contributed by atoms with van der Waals surface area (Å²) in [4.78, 5) is 14.1. The molecule has 1 fully saturated rings. The molecule has 1 saturated heterocycles. The van der Waals surface area contributed by atoms with Crippen molar-refractivity contribution in [2.45, 2.75) is 39.6 Å². The van der Waals surface area contributed by atoms with Crippen LogP contribution in [0.1, 0.15) is 26.3 Å². The van der Waals surface area contributed by atoms with E-state index in [0.717, 1.165) is 11.3 Å². The summed E-state index contributed by atoms with van der Waals surface area (Å²) in [6.45, 7) is 9.44. The second-order valence-corrected chi connectivity index (χ2v) is 6.23. The molecular formula is C18H28N2O4. The smallest absolute Gasteiger partial charge is 0.322 e. The molecule has 0 spiro atoms. The molecule has 0 bridgehead atoms. The maximum absolute atomic E-state index is 12.3. The zero-order valence-electron chi connectivity index (χ0n) is 14.8. The number of nitrogens with one attached hydrogen (secondary N) is 1. The maximum Gasteiger partial charge on any atom is 0.322 e. The second-order valence-electron chi connectivity index (χ2n) is 6.23. The van der Waals surface area contributed by atoms with E-state index >= 15 is 0 Å². The molecule has 6 nitrogen and oxygen atoms in total. The Balaban J connectivity index is 1.78. The van der Waals surface area contributed by atoms with Gasteiger partial charge in [-0.1, -0.05) is 12.1 Å². The van der Waals surface area contributed by atoms with Crippen LogP contribution in [0.3, 0.4) is 0 Å². The fourth-order valence-corrected chi connectivity index (χ4v) is 2.48. The number of nitrogens with zero attached hydrogens (tertiary/aromatic N) is 1. The molecule has 1 aliphatic heterocycles. The molecule has 1 aromatic carbocycles. The van der Waals surface area contributed by atoms with Crippen LogP contribution in [0, 0.1) is 0 Å². The van der Waals surface area contributed by atoms with Crippen LogP contribution in [0.2, 0.25) is 0 Å². The minimum Gasteiger partial charge on any atom is -0.376 e. The summed E-state index contributed by atoms with van der Waals surface area (Å²) in [5.74, 6) is 0. The molecule has 0 aromatic heterocycles.